The van der Waals surface area contributed by atoms with Crippen LogP contribution in [-0.4, -0.2) is 57.8 Å². The second kappa shape index (κ2) is 4.81. The van der Waals surface area contributed by atoms with Gasteiger partial charge in [-0.15, -0.1) is 11.3 Å². The summed E-state index contributed by atoms with van der Waals surface area (Å²) >= 11 is 1.26. The lowest BCUT2D eigenvalue weighted by atomic mass is 10.2. The molecule has 1 saturated heterocycles. The molecule has 8 heteroatoms. The Kier molecular flexibility index (Phi) is 3.37. The van der Waals surface area contributed by atoms with Crippen molar-refractivity contribution in [1.29, 1.82) is 0 Å². The van der Waals surface area contributed by atoms with Gasteiger partial charge >= 0.3 is 12.1 Å². The van der Waals surface area contributed by atoms with Crippen LogP contribution in [0.15, 0.2) is 5.51 Å². The number of nitrogens with zero attached hydrogens (tertiary/aromatic N) is 3. The highest BCUT2D eigenvalue weighted by molar-refractivity contribution is 7.14. The van der Waals surface area contributed by atoms with Gasteiger partial charge < -0.3 is 20.0 Å². The lowest BCUT2D eigenvalue weighted by molar-refractivity contribution is 0.0691. The number of carbonyl (C=O) groups is 2. The molecule has 2 rings (SSSR count). The third kappa shape index (κ3) is 2.23. The molecule has 1 fully saturated rings. The van der Waals surface area contributed by atoms with Crippen LogP contribution in [0.25, 0.3) is 0 Å². The molecule has 1 aromatic rings. The van der Waals surface area contributed by atoms with Gasteiger partial charge in [0.25, 0.3) is 0 Å². The molecular weight excluding hydrogens is 258 g/mol. The Morgan fingerprint density at radius 3 is 2.72 bits per heavy atom. The Balaban J connectivity index is 2.15. The molecule has 2 N–H and O–H groups in total. The van der Waals surface area contributed by atoms with E-state index >= 15 is 0 Å². The van der Waals surface area contributed by atoms with Crippen molar-refractivity contribution in [2.45, 2.75) is 13.0 Å². The molecular formula is C10H13N3O4S. The minimum absolute atomic E-state index is 0.0379. The van der Waals surface area contributed by atoms with Crippen LogP contribution in [-0.2, 0) is 0 Å². The van der Waals surface area contributed by atoms with Gasteiger partial charge in [-0.05, 0) is 6.92 Å². The Morgan fingerprint density at radius 2 is 2.17 bits per heavy atom. The highest BCUT2D eigenvalue weighted by Gasteiger charge is 2.30. The average Bonchev–Trinajstić information content (AvgIpc) is 2.77. The van der Waals surface area contributed by atoms with E-state index in [1.54, 1.807) is 0 Å². The second-order valence-electron chi connectivity index (χ2n) is 4.08. The van der Waals surface area contributed by atoms with E-state index in [-0.39, 0.29) is 11.7 Å². The van der Waals surface area contributed by atoms with Crippen LogP contribution < -0.4 is 4.90 Å². The molecule has 1 aliphatic rings. The summed E-state index contributed by atoms with van der Waals surface area (Å²) in [4.78, 5) is 29.0. The van der Waals surface area contributed by atoms with Crippen molar-refractivity contribution in [1.82, 2.24) is 9.88 Å². The number of hydrogen-bond acceptors (Lipinski definition) is 5. The summed E-state index contributed by atoms with van der Waals surface area (Å²) in [5.41, 5.74) is 1.53. The smallest absolute Gasteiger partial charge is 0.407 e. The first-order chi connectivity index (χ1) is 8.50. The number of carboxylic acids is 1. The first-order valence-electron chi connectivity index (χ1n) is 5.42. The Hall–Kier alpha value is -1.83. The van der Waals surface area contributed by atoms with Gasteiger partial charge in [-0.1, -0.05) is 0 Å². The molecule has 0 saturated carbocycles. The van der Waals surface area contributed by atoms with Gasteiger partial charge in [0.15, 0.2) is 5.69 Å². The topological polar surface area (TPSA) is 94.0 Å². The third-order valence-electron chi connectivity index (χ3n) is 2.91. The van der Waals surface area contributed by atoms with Gasteiger partial charge in [-0.2, -0.15) is 0 Å². The molecule has 0 radical (unpaired) electrons. The number of amides is 1. The maximum atomic E-state index is 11.0. The fourth-order valence-electron chi connectivity index (χ4n) is 2.04. The first-order valence-corrected chi connectivity index (χ1v) is 6.30. The molecule has 1 aliphatic heterocycles. The maximum Gasteiger partial charge on any atom is 0.407 e. The van der Waals surface area contributed by atoms with Crippen molar-refractivity contribution in [3.05, 3.63) is 11.2 Å². The summed E-state index contributed by atoms with van der Waals surface area (Å²) in [6.45, 7) is 3.14. The number of hydrogen-bond donors (Lipinski definition) is 2. The third-order valence-corrected chi connectivity index (χ3v) is 3.80. The zero-order valence-corrected chi connectivity index (χ0v) is 10.6. The quantitative estimate of drug-likeness (QED) is 0.834. The van der Waals surface area contributed by atoms with Crippen LogP contribution in [0.4, 0.5) is 9.80 Å². The number of piperazine rings is 1. The fraction of sp³-hybridized carbons (Fsp3) is 0.500. The Morgan fingerprint density at radius 1 is 1.44 bits per heavy atom. The summed E-state index contributed by atoms with van der Waals surface area (Å²) < 4.78 is 0. The molecule has 98 valence electrons. The van der Waals surface area contributed by atoms with Crippen molar-refractivity contribution in [3.63, 3.8) is 0 Å². The first kappa shape index (κ1) is 12.6. The minimum atomic E-state index is -1.06. The number of aromatic nitrogens is 1. The van der Waals surface area contributed by atoms with Crippen molar-refractivity contribution in [3.8, 4) is 0 Å². The van der Waals surface area contributed by atoms with Gasteiger partial charge in [0.05, 0.1) is 5.51 Å². The molecule has 1 aromatic heterocycles. The molecule has 18 heavy (non-hydrogen) atoms. The van der Waals surface area contributed by atoms with Crippen molar-refractivity contribution < 1.29 is 19.8 Å². The van der Waals surface area contributed by atoms with Crippen LogP contribution in [0.3, 0.4) is 0 Å². The molecule has 2 heterocycles. The normalized spacial score (nSPS) is 19.9. The molecule has 1 atom stereocenters. The molecule has 0 aromatic carbocycles. The van der Waals surface area contributed by atoms with E-state index < -0.39 is 12.1 Å². The van der Waals surface area contributed by atoms with Crippen LogP contribution in [0.2, 0.25) is 0 Å². The summed E-state index contributed by atoms with van der Waals surface area (Å²) in [5.74, 6) is -1.06. The van der Waals surface area contributed by atoms with Gasteiger partial charge in [0.2, 0.25) is 0 Å². The van der Waals surface area contributed by atoms with Crippen LogP contribution >= 0.6 is 11.3 Å². The van der Waals surface area contributed by atoms with E-state index in [0.717, 1.165) is 0 Å². The van der Waals surface area contributed by atoms with E-state index in [2.05, 4.69) is 4.98 Å². The number of rotatable bonds is 2. The molecule has 0 spiro atoms. The standard InChI is InChI=1S/C10H13N3O4S/c1-6-4-12(2-3-13(6)10(16)17)8-7(9(14)15)11-5-18-8/h5-6H,2-4H2,1H3,(H,14,15)(H,16,17)/t6-/m1/s1. The fourth-order valence-corrected chi connectivity index (χ4v) is 2.86. The Labute approximate surface area is 107 Å². The van der Waals surface area contributed by atoms with Gasteiger partial charge in [-0.3, -0.25) is 0 Å². The van der Waals surface area contributed by atoms with Crippen molar-refractivity contribution in [2.24, 2.45) is 0 Å². The monoisotopic (exact) mass is 271 g/mol. The second-order valence-corrected chi connectivity index (χ2v) is 4.92. The SMILES string of the molecule is C[C@@H]1CN(c2scnc2C(=O)O)CCN1C(=O)O. The van der Waals surface area contributed by atoms with Crippen LogP contribution in [0, 0.1) is 0 Å². The van der Waals surface area contributed by atoms with Crippen molar-refractivity contribution in [2.75, 3.05) is 24.5 Å². The average molecular weight is 271 g/mol. The summed E-state index contributed by atoms with van der Waals surface area (Å²) in [6.07, 6.45) is -0.940. The maximum absolute atomic E-state index is 11.0. The van der Waals surface area contributed by atoms with Crippen LogP contribution in [0.1, 0.15) is 17.4 Å². The lowest BCUT2D eigenvalue weighted by Gasteiger charge is -2.38. The number of aromatic carboxylic acids is 1. The predicted octanol–water partition coefficient (Wildman–Crippen LogP) is 1.03. The molecule has 0 unspecified atom stereocenters. The van der Waals surface area contributed by atoms with Crippen molar-refractivity contribution >= 4 is 28.4 Å². The molecule has 7 nitrogen and oxygen atoms in total. The molecule has 0 bridgehead atoms. The van der Waals surface area contributed by atoms with Gasteiger partial charge in [-0.25, -0.2) is 14.6 Å². The zero-order valence-electron chi connectivity index (χ0n) is 9.74. The highest BCUT2D eigenvalue weighted by Crippen LogP contribution is 2.27. The number of thiazole rings is 1. The number of anilines is 1. The van der Waals surface area contributed by atoms with Gasteiger partial charge in [0.1, 0.15) is 5.00 Å². The lowest BCUT2D eigenvalue weighted by Crippen LogP contribution is -2.53. The zero-order chi connectivity index (χ0) is 13.3. The van der Waals surface area contributed by atoms with E-state index in [4.69, 9.17) is 10.2 Å². The molecule has 1 amide bonds. The summed E-state index contributed by atoms with van der Waals surface area (Å²) in [6, 6.07) is -0.167. The largest absolute Gasteiger partial charge is 0.476 e. The minimum Gasteiger partial charge on any atom is -0.476 e. The Bertz CT molecular complexity index is 475. The van der Waals surface area contributed by atoms with E-state index in [9.17, 15) is 9.59 Å². The molecule has 0 aliphatic carbocycles. The predicted molar refractivity (Wildman–Crippen MR) is 65.5 cm³/mol. The van der Waals surface area contributed by atoms with Crippen LogP contribution in [0.5, 0.6) is 0 Å². The summed E-state index contributed by atoms with van der Waals surface area (Å²) in [5, 5.41) is 18.6. The van der Waals surface area contributed by atoms with E-state index in [1.807, 2.05) is 11.8 Å². The highest BCUT2D eigenvalue weighted by atomic mass is 32.1. The van der Waals surface area contributed by atoms with E-state index in [0.29, 0.717) is 24.6 Å². The number of carboxylic acid groups (broad SMARTS) is 2. The summed E-state index contributed by atoms with van der Waals surface area (Å²) in [7, 11) is 0. The van der Waals surface area contributed by atoms with E-state index in [1.165, 1.54) is 21.7 Å². The van der Waals surface area contributed by atoms with Gasteiger partial charge in [0, 0.05) is 25.7 Å².